The number of nitrogens with one attached hydrogen (secondary N) is 1. The molecule has 5 nitrogen and oxygen atoms in total. The van der Waals surface area contributed by atoms with Gasteiger partial charge in [0.2, 0.25) is 0 Å². The van der Waals surface area contributed by atoms with Gasteiger partial charge in [0.1, 0.15) is 18.3 Å². The third-order valence-electron chi connectivity index (χ3n) is 2.26. The maximum absolute atomic E-state index is 5.56. The quantitative estimate of drug-likeness (QED) is 0.616. The lowest BCUT2D eigenvalue weighted by Gasteiger charge is -2.21. The van der Waals surface area contributed by atoms with E-state index in [9.17, 15) is 0 Å². The summed E-state index contributed by atoms with van der Waals surface area (Å²) in [5.41, 5.74) is 2.61. The summed E-state index contributed by atoms with van der Waals surface area (Å²) in [5.74, 6) is 0. The Morgan fingerprint density at radius 2 is 2.29 bits per heavy atom. The highest BCUT2D eigenvalue weighted by Gasteiger charge is 2.38. The van der Waals surface area contributed by atoms with Crippen molar-refractivity contribution in [1.82, 2.24) is 5.48 Å². The zero-order valence-corrected chi connectivity index (χ0v) is 8.99. The standard InChI is InChI=1S/C9H19NO4/c1-4-12-9-7(11-3)5-13-8(9)6-14-10-2/h7-10H,4-6H2,1-3H3/t7?,8-,9?/m1/s1. The number of hydrogen-bond acceptors (Lipinski definition) is 5. The van der Waals surface area contributed by atoms with Gasteiger partial charge < -0.3 is 14.2 Å². The van der Waals surface area contributed by atoms with E-state index >= 15 is 0 Å². The second-order valence-electron chi connectivity index (χ2n) is 3.08. The van der Waals surface area contributed by atoms with Crippen LogP contribution in [0, 0.1) is 0 Å². The molecule has 0 radical (unpaired) electrons. The average molecular weight is 205 g/mol. The zero-order chi connectivity index (χ0) is 10.4. The van der Waals surface area contributed by atoms with Crippen LogP contribution in [0.25, 0.3) is 0 Å². The first-order chi connectivity index (χ1) is 6.83. The molecule has 1 saturated heterocycles. The first-order valence-corrected chi connectivity index (χ1v) is 4.88. The maximum Gasteiger partial charge on any atom is 0.114 e. The molecule has 3 atom stereocenters. The fourth-order valence-corrected chi connectivity index (χ4v) is 1.57. The van der Waals surface area contributed by atoms with Gasteiger partial charge in [-0.05, 0) is 6.92 Å². The van der Waals surface area contributed by atoms with E-state index in [0.29, 0.717) is 19.8 Å². The normalized spacial score (nSPS) is 32.4. The summed E-state index contributed by atoms with van der Waals surface area (Å²) >= 11 is 0. The van der Waals surface area contributed by atoms with E-state index in [0.717, 1.165) is 0 Å². The SMILES string of the molecule is CCOC1C(OC)CO[C@@H]1CONC. The molecule has 1 rings (SSSR count). The Morgan fingerprint density at radius 3 is 2.86 bits per heavy atom. The van der Waals surface area contributed by atoms with Crippen LogP contribution in [0.2, 0.25) is 0 Å². The summed E-state index contributed by atoms with van der Waals surface area (Å²) in [7, 11) is 3.39. The van der Waals surface area contributed by atoms with Gasteiger partial charge in [-0.3, -0.25) is 4.84 Å². The maximum atomic E-state index is 5.56. The van der Waals surface area contributed by atoms with Crippen LogP contribution in [0.3, 0.4) is 0 Å². The van der Waals surface area contributed by atoms with Gasteiger partial charge in [0.25, 0.3) is 0 Å². The highest BCUT2D eigenvalue weighted by molar-refractivity contribution is 4.85. The van der Waals surface area contributed by atoms with Crippen LogP contribution in [-0.4, -0.2) is 52.3 Å². The smallest absolute Gasteiger partial charge is 0.114 e. The molecule has 0 bridgehead atoms. The van der Waals surface area contributed by atoms with Crippen LogP contribution in [0.15, 0.2) is 0 Å². The fourth-order valence-electron chi connectivity index (χ4n) is 1.57. The van der Waals surface area contributed by atoms with E-state index in [1.807, 2.05) is 6.92 Å². The minimum atomic E-state index is -0.0488. The highest BCUT2D eigenvalue weighted by Crippen LogP contribution is 2.20. The molecule has 0 aromatic heterocycles. The molecule has 1 aliphatic rings. The van der Waals surface area contributed by atoms with Gasteiger partial charge in [0.05, 0.1) is 13.2 Å². The van der Waals surface area contributed by atoms with E-state index in [2.05, 4.69) is 5.48 Å². The molecule has 0 aliphatic carbocycles. The van der Waals surface area contributed by atoms with Gasteiger partial charge in [-0.1, -0.05) is 0 Å². The van der Waals surface area contributed by atoms with Crippen molar-refractivity contribution in [2.75, 3.05) is 34.0 Å². The molecular formula is C9H19NO4. The molecule has 1 aliphatic heterocycles. The van der Waals surface area contributed by atoms with Gasteiger partial charge in [-0.15, -0.1) is 0 Å². The molecule has 1 N–H and O–H groups in total. The molecule has 0 aromatic carbocycles. The molecule has 14 heavy (non-hydrogen) atoms. The Morgan fingerprint density at radius 1 is 1.50 bits per heavy atom. The van der Waals surface area contributed by atoms with Crippen LogP contribution in [0.1, 0.15) is 6.92 Å². The van der Waals surface area contributed by atoms with Gasteiger partial charge in [-0.25, -0.2) is 5.48 Å². The Bertz CT molecular complexity index is 156. The number of ether oxygens (including phenoxy) is 3. The first kappa shape index (κ1) is 11.9. The van der Waals surface area contributed by atoms with Crippen molar-refractivity contribution >= 4 is 0 Å². The van der Waals surface area contributed by atoms with E-state index in [1.54, 1.807) is 14.2 Å². The van der Waals surface area contributed by atoms with Gasteiger partial charge in [0.15, 0.2) is 0 Å². The van der Waals surface area contributed by atoms with Crippen LogP contribution in [0.5, 0.6) is 0 Å². The van der Waals surface area contributed by atoms with Crippen LogP contribution >= 0.6 is 0 Å². The lowest BCUT2D eigenvalue weighted by Crippen LogP contribution is -2.37. The third-order valence-corrected chi connectivity index (χ3v) is 2.26. The largest absolute Gasteiger partial charge is 0.376 e. The molecule has 2 unspecified atom stereocenters. The van der Waals surface area contributed by atoms with E-state index in [-0.39, 0.29) is 18.3 Å². The van der Waals surface area contributed by atoms with E-state index in [1.165, 1.54) is 0 Å². The number of rotatable bonds is 6. The molecule has 0 saturated carbocycles. The second-order valence-corrected chi connectivity index (χ2v) is 3.08. The third kappa shape index (κ3) is 2.90. The van der Waals surface area contributed by atoms with Crippen LogP contribution in [-0.2, 0) is 19.0 Å². The van der Waals surface area contributed by atoms with Crippen molar-refractivity contribution in [1.29, 1.82) is 0 Å². The Kier molecular flexibility index (Phi) is 5.36. The van der Waals surface area contributed by atoms with Crippen molar-refractivity contribution in [2.45, 2.75) is 25.2 Å². The van der Waals surface area contributed by atoms with Crippen molar-refractivity contribution in [2.24, 2.45) is 0 Å². The molecule has 84 valence electrons. The predicted molar refractivity (Wildman–Crippen MR) is 51.0 cm³/mol. The zero-order valence-electron chi connectivity index (χ0n) is 8.99. The molecule has 0 spiro atoms. The summed E-state index contributed by atoms with van der Waals surface area (Å²) in [5, 5.41) is 0. The Hall–Kier alpha value is -0.200. The molecular weight excluding hydrogens is 186 g/mol. The van der Waals surface area contributed by atoms with Crippen molar-refractivity contribution in [3.8, 4) is 0 Å². The van der Waals surface area contributed by atoms with E-state index < -0.39 is 0 Å². The minimum Gasteiger partial charge on any atom is -0.376 e. The highest BCUT2D eigenvalue weighted by atomic mass is 16.7. The summed E-state index contributed by atoms with van der Waals surface area (Å²) in [6, 6.07) is 0. The lowest BCUT2D eigenvalue weighted by molar-refractivity contribution is -0.0815. The average Bonchev–Trinajstić information content (AvgIpc) is 2.58. The summed E-state index contributed by atoms with van der Waals surface area (Å²) < 4.78 is 16.3. The molecule has 5 heteroatoms. The Labute approximate surface area is 84.6 Å². The van der Waals surface area contributed by atoms with E-state index in [4.69, 9.17) is 19.0 Å². The second kappa shape index (κ2) is 6.31. The van der Waals surface area contributed by atoms with Gasteiger partial charge in [0, 0.05) is 20.8 Å². The number of methoxy groups -OCH3 is 1. The summed E-state index contributed by atoms with van der Waals surface area (Å²) in [6.07, 6.45) is -0.0638. The van der Waals surface area contributed by atoms with Crippen molar-refractivity contribution in [3.05, 3.63) is 0 Å². The first-order valence-electron chi connectivity index (χ1n) is 4.88. The lowest BCUT2D eigenvalue weighted by atomic mass is 10.1. The molecule has 1 fully saturated rings. The van der Waals surface area contributed by atoms with Crippen molar-refractivity contribution in [3.63, 3.8) is 0 Å². The van der Waals surface area contributed by atoms with Crippen LogP contribution < -0.4 is 5.48 Å². The number of hydroxylamine groups is 1. The van der Waals surface area contributed by atoms with Gasteiger partial charge in [-0.2, -0.15) is 0 Å². The number of hydrogen-bond donors (Lipinski definition) is 1. The monoisotopic (exact) mass is 205 g/mol. The summed E-state index contributed by atoms with van der Waals surface area (Å²) in [6.45, 7) is 3.66. The molecule has 0 amide bonds. The minimum absolute atomic E-state index is 0.0143. The topological polar surface area (TPSA) is 49.0 Å². The van der Waals surface area contributed by atoms with Crippen LogP contribution in [0.4, 0.5) is 0 Å². The van der Waals surface area contributed by atoms with Gasteiger partial charge >= 0.3 is 0 Å². The molecule has 1 heterocycles. The fraction of sp³-hybridized carbons (Fsp3) is 1.00. The summed E-state index contributed by atoms with van der Waals surface area (Å²) in [4.78, 5) is 5.08. The molecule has 0 aromatic rings. The van der Waals surface area contributed by atoms with Crippen molar-refractivity contribution < 1.29 is 19.0 Å². The predicted octanol–water partition coefficient (Wildman–Crippen LogP) is -0.0437. The Balaban J connectivity index is 2.40.